The maximum atomic E-state index is 11.1. The minimum atomic E-state index is -0.724. The summed E-state index contributed by atoms with van der Waals surface area (Å²) in [6, 6.07) is -0.395. The Hall–Kier alpha value is -0.650. The Labute approximate surface area is 117 Å². The average Bonchev–Trinajstić information content (AvgIpc) is 2.40. The standard InChI is InChI=1S/C14H29N3O2/c1-3-6-15-13(14(18)19)5-8-17-11-9-16(7-4-2)10-12-17/h13,15H,3-12H2,1-2H3,(H,18,19). The topological polar surface area (TPSA) is 55.8 Å². The Morgan fingerprint density at radius 3 is 2.16 bits per heavy atom. The van der Waals surface area contributed by atoms with E-state index in [1.807, 2.05) is 0 Å². The second-order valence-electron chi connectivity index (χ2n) is 5.32. The number of hydrogen-bond acceptors (Lipinski definition) is 4. The van der Waals surface area contributed by atoms with E-state index in [-0.39, 0.29) is 0 Å². The van der Waals surface area contributed by atoms with E-state index < -0.39 is 12.0 Å². The molecule has 0 aliphatic carbocycles. The summed E-state index contributed by atoms with van der Waals surface area (Å²) in [6.07, 6.45) is 2.88. The lowest BCUT2D eigenvalue weighted by atomic mass is 10.2. The normalized spacial score (nSPS) is 19.5. The van der Waals surface area contributed by atoms with Crippen molar-refractivity contribution in [2.75, 3.05) is 45.8 Å². The van der Waals surface area contributed by atoms with E-state index in [4.69, 9.17) is 5.11 Å². The molecule has 5 nitrogen and oxygen atoms in total. The van der Waals surface area contributed by atoms with Crippen LogP contribution in [0.3, 0.4) is 0 Å². The van der Waals surface area contributed by atoms with Crippen molar-refractivity contribution in [3.8, 4) is 0 Å². The molecular weight excluding hydrogens is 242 g/mol. The maximum Gasteiger partial charge on any atom is 0.320 e. The van der Waals surface area contributed by atoms with Crippen LogP contribution in [0.2, 0.25) is 0 Å². The van der Waals surface area contributed by atoms with Crippen LogP contribution in [0.25, 0.3) is 0 Å². The van der Waals surface area contributed by atoms with Gasteiger partial charge in [0.25, 0.3) is 0 Å². The first-order valence-electron chi connectivity index (χ1n) is 7.58. The number of carboxylic acids is 1. The molecule has 0 aromatic heterocycles. The van der Waals surface area contributed by atoms with Gasteiger partial charge in [-0.2, -0.15) is 0 Å². The van der Waals surface area contributed by atoms with Gasteiger partial charge in [0.1, 0.15) is 6.04 Å². The third-order valence-electron chi connectivity index (χ3n) is 3.68. The summed E-state index contributed by atoms with van der Waals surface area (Å²) in [7, 11) is 0. The molecule has 1 heterocycles. The molecule has 0 aromatic carbocycles. The molecule has 112 valence electrons. The molecule has 0 spiro atoms. The third-order valence-corrected chi connectivity index (χ3v) is 3.68. The van der Waals surface area contributed by atoms with E-state index in [1.54, 1.807) is 0 Å². The van der Waals surface area contributed by atoms with Crippen molar-refractivity contribution in [3.05, 3.63) is 0 Å². The molecule has 0 saturated carbocycles. The quantitative estimate of drug-likeness (QED) is 0.651. The maximum absolute atomic E-state index is 11.1. The van der Waals surface area contributed by atoms with Crippen LogP contribution < -0.4 is 5.32 Å². The predicted molar refractivity (Wildman–Crippen MR) is 77.5 cm³/mol. The van der Waals surface area contributed by atoms with Gasteiger partial charge in [-0.05, 0) is 32.4 Å². The second-order valence-corrected chi connectivity index (χ2v) is 5.32. The molecule has 19 heavy (non-hydrogen) atoms. The van der Waals surface area contributed by atoms with Gasteiger partial charge in [0.05, 0.1) is 0 Å². The predicted octanol–water partition coefficient (Wildman–Crippen LogP) is 0.857. The monoisotopic (exact) mass is 271 g/mol. The van der Waals surface area contributed by atoms with Gasteiger partial charge in [-0.1, -0.05) is 13.8 Å². The summed E-state index contributed by atoms with van der Waals surface area (Å²) in [5, 5.41) is 12.3. The molecule has 1 unspecified atom stereocenters. The van der Waals surface area contributed by atoms with Crippen molar-refractivity contribution in [3.63, 3.8) is 0 Å². The van der Waals surface area contributed by atoms with Crippen molar-refractivity contribution in [2.24, 2.45) is 0 Å². The molecule has 1 aliphatic heterocycles. The third kappa shape index (κ3) is 6.36. The Balaban J connectivity index is 2.22. The highest BCUT2D eigenvalue weighted by molar-refractivity contribution is 5.73. The van der Waals surface area contributed by atoms with E-state index in [0.717, 1.165) is 45.7 Å². The van der Waals surface area contributed by atoms with Gasteiger partial charge in [0.15, 0.2) is 0 Å². The van der Waals surface area contributed by atoms with Crippen LogP contribution in [0.4, 0.5) is 0 Å². The van der Waals surface area contributed by atoms with Gasteiger partial charge in [0, 0.05) is 32.7 Å². The van der Waals surface area contributed by atoms with Crippen LogP contribution in [-0.2, 0) is 4.79 Å². The molecule has 1 aliphatic rings. The fourth-order valence-electron chi connectivity index (χ4n) is 2.50. The average molecular weight is 271 g/mol. The lowest BCUT2D eigenvalue weighted by molar-refractivity contribution is -0.139. The zero-order valence-corrected chi connectivity index (χ0v) is 12.4. The number of nitrogens with one attached hydrogen (secondary N) is 1. The lowest BCUT2D eigenvalue weighted by Crippen LogP contribution is -2.48. The summed E-state index contributed by atoms with van der Waals surface area (Å²) in [6.45, 7) is 11.5. The van der Waals surface area contributed by atoms with E-state index >= 15 is 0 Å². The summed E-state index contributed by atoms with van der Waals surface area (Å²) in [4.78, 5) is 16.0. The fraction of sp³-hybridized carbons (Fsp3) is 0.929. The van der Waals surface area contributed by atoms with Crippen LogP contribution in [-0.4, -0.2) is 72.7 Å². The number of hydrogen-bond donors (Lipinski definition) is 2. The van der Waals surface area contributed by atoms with Crippen LogP contribution in [0.1, 0.15) is 33.1 Å². The van der Waals surface area contributed by atoms with Crippen molar-refractivity contribution in [2.45, 2.75) is 39.2 Å². The minimum absolute atomic E-state index is 0.395. The van der Waals surface area contributed by atoms with Gasteiger partial charge in [-0.15, -0.1) is 0 Å². The lowest BCUT2D eigenvalue weighted by Gasteiger charge is -2.35. The summed E-state index contributed by atoms with van der Waals surface area (Å²) < 4.78 is 0. The van der Waals surface area contributed by atoms with Gasteiger partial charge in [0.2, 0.25) is 0 Å². The van der Waals surface area contributed by atoms with E-state index in [9.17, 15) is 4.79 Å². The molecule has 0 bridgehead atoms. The van der Waals surface area contributed by atoms with Crippen molar-refractivity contribution < 1.29 is 9.90 Å². The van der Waals surface area contributed by atoms with Gasteiger partial charge < -0.3 is 20.2 Å². The van der Waals surface area contributed by atoms with Crippen LogP contribution in [0.5, 0.6) is 0 Å². The van der Waals surface area contributed by atoms with Gasteiger partial charge in [-0.25, -0.2) is 0 Å². The smallest absolute Gasteiger partial charge is 0.320 e. The largest absolute Gasteiger partial charge is 0.480 e. The van der Waals surface area contributed by atoms with Crippen LogP contribution in [0.15, 0.2) is 0 Å². The number of rotatable bonds is 9. The Bertz CT molecular complexity index is 253. The molecule has 0 radical (unpaired) electrons. The molecule has 5 heteroatoms. The van der Waals surface area contributed by atoms with Gasteiger partial charge in [-0.3, -0.25) is 4.79 Å². The Morgan fingerprint density at radius 1 is 1.11 bits per heavy atom. The first kappa shape index (κ1) is 16.4. The Morgan fingerprint density at radius 2 is 1.68 bits per heavy atom. The number of aliphatic carboxylic acids is 1. The highest BCUT2D eigenvalue weighted by Gasteiger charge is 2.20. The van der Waals surface area contributed by atoms with Crippen molar-refractivity contribution in [1.82, 2.24) is 15.1 Å². The molecule has 1 fully saturated rings. The van der Waals surface area contributed by atoms with E-state index in [2.05, 4.69) is 29.0 Å². The highest BCUT2D eigenvalue weighted by atomic mass is 16.4. The number of nitrogens with zero attached hydrogens (tertiary/aromatic N) is 2. The molecule has 1 atom stereocenters. The number of piperazine rings is 1. The molecule has 1 rings (SSSR count). The van der Waals surface area contributed by atoms with E-state index in [0.29, 0.717) is 6.42 Å². The molecular formula is C14H29N3O2. The van der Waals surface area contributed by atoms with Crippen molar-refractivity contribution in [1.29, 1.82) is 0 Å². The first-order chi connectivity index (χ1) is 9.17. The summed E-state index contributed by atoms with van der Waals surface area (Å²) in [5.74, 6) is -0.724. The Kier molecular flexibility index (Phi) is 8.02. The molecule has 2 N–H and O–H groups in total. The zero-order valence-electron chi connectivity index (χ0n) is 12.4. The van der Waals surface area contributed by atoms with Gasteiger partial charge >= 0.3 is 5.97 Å². The van der Waals surface area contributed by atoms with E-state index in [1.165, 1.54) is 13.0 Å². The fourth-order valence-corrected chi connectivity index (χ4v) is 2.50. The first-order valence-corrected chi connectivity index (χ1v) is 7.58. The van der Waals surface area contributed by atoms with Crippen LogP contribution >= 0.6 is 0 Å². The molecule has 1 saturated heterocycles. The summed E-state index contributed by atoms with van der Waals surface area (Å²) in [5.41, 5.74) is 0. The SMILES string of the molecule is CCCNC(CCN1CCN(CCC)CC1)C(=O)O. The minimum Gasteiger partial charge on any atom is -0.480 e. The highest BCUT2D eigenvalue weighted by Crippen LogP contribution is 2.04. The molecule has 0 aromatic rings. The number of carbonyl (C=O) groups is 1. The van der Waals surface area contributed by atoms with Crippen molar-refractivity contribution >= 4 is 5.97 Å². The second kappa shape index (κ2) is 9.28. The van der Waals surface area contributed by atoms with Crippen LogP contribution in [0, 0.1) is 0 Å². The molecule has 0 amide bonds. The zero-order chi connectivity index (χ0) is 14.1. The number of carboxylic acid groups (broad SMARTS) is 1. The summed E-state index contributed by atoms with van der Waals surface area (Å²) >= 11 is 0.